The van der Waals surface area contributed by atoms with Gasteiger partial charge >= 0.3 is 0 Å². The standard InChI is InChI=1S/C6H13NO.H4Si/c1-2-3-4-5-6(7)8;/h2-5H2,1H3,(H2,7,8);1H4. The monoisotopic (exact) mass is 147 g/mol. The maximum atomic E-state index is 10.1. The van der Waals surface area contributed by atoms with Crippen LogP contribution in [0, 0.1) is 0 Å². The average molecular weight is 147 g/mol. The second kappa shape index (κ2) is 7.69. The Morgan fingerprint density at radius 3 is 2.33 bits per heavy atom. The van der Waals surface area contributed by atoms with Gasteiger partial charge in [-0.15, -0.1) is 0 Å². The van der Waals surface area contributed by atoms with E-state index in [1.807, 2.05) is 0 Å². The molecule has 0 bridgehead atoms. The normalized spacial score (nSPS) is 8.11. The first-order chi connectivity index (χ1) is 3.77. The fraction of sp³-hybridized carbons (Fsp3) is 0.833. The molecule has 0 heterocycles. The highest BCUT2D eigenvalue weighted by Gasteiger charge is 1.90. The molecule has 0 aromatic carbocycles. The predicted octanol–water partition coefficient (Wildman–Crippen LogP) is -0.400. The molecular weight excluding hydrogens is 130 g/mol. The maximum absolute atomic E-state index is 10.1. The molecule has 9 heavy (non-hydrogen) atoms. The summed E-state index contributed by atoms with van der Waals surface area (Å²) in [5, 5.41) is 0. The lowest BCUT2D eigenvalue weighted by Gasteiger charge is -1.90. The van der Waals surface area contributed by atoms with Gasteiger partial charge < -0.3 is 5.73 Å². The van der Waals surface area contributed by atoms with Crippen LogP contribution in [-0.4, -0.2) is 16.9 Å². The van der Waals surface area contributed by atoms with Gasteiger partial charge in [0.05, 0.1) is 0 Å². The zero-order valence-electron chi connectivity index (χ0n) is 5.31. The van der Waals surface area contributed by atoms with Gasteiger partial charge in [0.2, 0.25) is 5.91 Å². The van der Waals surface area contributed by atoms with Gasteiger partial charge in [-0.25, -0.2) is 0 Å². The summed E-state index contributed by atoms with van der Waals surface area (Å²) in [6.45, 7) is 2.10. The third-order valence-electron chi connectivity index (χ3n) is 1.03. The molecule has 0 saturated carbocycles. The van der Waals surface area contributed by atoms with E-state index in [4.69, 9.17) is 5.73 Å². The third kappa shape index (κ3) is 11.3. The highest BCUT2D eigenvalue weighted by Crippen LogP contribution is 1.96. The van der Waals surface area contributed by atoms with Crippen molar-refractivity contribution in [1.29, 1.82) is 0 Å². The molecule has 2 N–H and O–H groups in total. The van der Waals surface area contributed by atoms with Crippen molar-refractivity contribution in [3.05, 3.63) is 0 Å². The molecule has 2 nitrogen and oxygen atoms in total. The number of carbonyl (C=O) groups excluding carboxylic acids is 1. The number of primary amides is 1. The highest BCUT2D eigenvalue weighted by molar-refractivity contribution is 5.75. The van der Waals surface area contributed by atoms with E-state index in [1.54, 1.807) is 0 Å². The topological polar surface area (TPSA) is 43.1 Å². The Bertz CT molecular complexity index is 75.5. The predicted molar refractivity (Wildman–Crippen MR) is 44.7 cm³/mol. The summed E-state index contributed by atoms with van der Waals surface area (Å²) in [6.07, 6.45) is 3.76. The molecule has 56 valence electrons. The van der Waals surface area contributed by atoms with Crippen molar-refractivity contribution in [1.82, 2.24) is 0 Å². The van der Waals surface area contributed by atoms with Gasteiger partial charge in [0.15, 0.2) is 0 Å². The Morgan fingerprint density at radius 2 is 2.00 bits per heavy atom. The first-order valence-electron chi connectivity index (χ1n) is 3.05. The van der Waals surface area contributed by atoms with Crippen LogP contribution in [0.1, 0.15) is 32.6 Å². The maximum Gasteiger partial charge on any atom is 0.217 e. The van der Waals surface area contributed by atoms with Gasteiger partial charge in [-0.2, -0.15) is 0 Å². The molecule has 3 heteroatoms. The highest BCUT2D eigenvalue weighted by atomic mass is 28.1. The number of unbranched alkanes of at least 4 members (excludes halogenated alkanes) is 2. The minimum atomic E-state index is -0.182. The van der Waals surface area contributed by atoms with Gasteiger partial charge in [0, 0.05) is 6.42 Å². The molecule has 0 atom stereocenters. The van der Waals surface area contributed by atoms with E-state index in [2.05, 4.69) is 6.92 Å². The fourth-order valence-electron chi connectivity index (χ4n) is 0.549. The van der Waals surface area contributed by atoms with Crippen molar-refractivity contribution in [3.63, 3.8) is 0 Å². The first-order valence-corrected chi connectivity index (χ1v) is 3.05. The molecule has 0 fully saturated rings. The Kier molecular flexibility index (Phi) is 9.80. The number of rotatable bonds is 4. The average Bonchev–Trinajstić information content (AvgIpc) is 1.66. The lowest BCUT2D eigenvalue weighted by Crippen LogP contribution is -2.09. The molecule has 0 spiro atoms. The van der Waals surface area contributed by atoms with Crippen molar-refractivity contribution in [2.75, 3.05) is 0 Å². The van der Waals surface area contributed by atoms with Gasteiger partial charge in [0.25, 0.3) is 0 Å². The van der Waals surface area contributed by atoms with Crippen molar-refractivity contribution in [3.8, 4) is 0 Å². The van der Waals surface area contributed by atoms with Gasteiger partial charge in [-0.3, -0.25) is 4.79 Å². The third-order valence-corrected chi connectivity index (χ3v) is 1.03. The minimum absolute atomic E-state index is 0. The van der Waals surface area contributed by atoms with E-state index in [1.165, 1.54) is 0 Å². The lowest BCUT2D eigenvalue weighted by atomic mass is 10.2. The molecule has 1 amide bonds. The van der Waals surface area contributed by atoms with E-state index in [-0.39, 0.29) is 16.9 Å². The number of hydrogen-bond acceptors (Lipinski definition) is 1. The van der Waals surface area contributed by atoms with Crippen LogP contribution >= 0.6 is 0 Å². The summed E-state index contributed by atoms with van der Waals surface area (Å²) in [5.74, 6) is -0.182. The SMILES string of the molecule is CCCCCC(N)=O.[SiH4]. The van der Waals surface area contributed by atoms with Gasteiger partial charge in [-0.05, 0) is 17.4 Å². The van der Waals surface area contributed by atoms with E-state index in [0.717, 1.165) is 19.3 Å². The Hall–Kier alpha value is -0.313. The molecule has 0 rings (SSSR count). The Labute approximate surface area is 60.8 Å². The van der Waals surface area contributed by atoms with Gasteiger partial charge in [0.1, 0.15) is 0 Å². The van der Waals surface area contributed by atoms with E-state index < -0.39 is 0 Å². The number of nitrogens with two attached hydrogens (primary N) is 1. The molecule has 0 aliphatic carbocycles. The summed E-state index contributed by atoms with van der Waals surface area (Å²) < 4.78 is 0. The van der Waals surface area contributed by atoms with E-state index in [0.29, 0.717) is 6.42 Å². The molecule has 0 aromatic rings. The first kappa shape index (κ1) is 11.5. The number of carbonyl (C=O) groups is 1. The van der Waals surface area contributed by atoms with Crippen molar-refractivity contribution < 1.29 is 4.79 Å². The smallest absolute Gasteiger partial charge is 0.217 e. The van der Waals surface area contributed by atoms with Crippen LogP contribution in [-0.2, 0) is 4.79 Å². The lowest BCUT2D eigenvalue weighted by molar-refractivity contribution is -0.118. The Balaban J connectivity index is 0. The second-order valence-corrected chi connectivity index (χ2v) is 1.92. The van der Waals surface area contributed by atoms with Crippen molar-refractivity contribution in [2.24, 2.45) is 5.73 Å². The van der Waals surface area contributed by atoms with Crippen molar-refractivity contribution >= 4 is 16.9 Å². The summed E-state index contributed by atoms with van der Waals surface area (Å²) in [4.78, 5) is 10.1. The molecule has 0 aliphatic rings. The molecular formula is C6H17NOSi. The van der Waals surface area contributed by atoms with Crippen LogP contribution in [0.4, 0.5) is 0 Å². The molecule has 0 unspecified atom stereocenters. The van der Waals surface area contributed by atoms with Crippen LogP contribution in [0.2, 0.25) is 0 Å². The largest absolute Gasteiger partial charge is 0.370 e. The zero-order chi connectivity index (χ0) is 6.41. The summed E-state index contributed by atoms with van der Waals surface area (Å²) in [6, 6.07) is 0. The number of amides is 1. The second-order valence-electron chi connectivity index (χ2n) is 1.92. The molecule has 0 aliphatic heterocycles. The minimum Gasteiger partial charge on any atom is -0.370 e. The molecule has 0 saturated heterocycles. The summed E-state index contributed by atoms with van der Waals surface area (Å²) >= 11 is 0. The van der Waals surface area contributed by atoms with Crippen LogP contribution in [0.5, 0.6) is 0 Å². The number of hydrogen-bond donors (Lipinski definition) is 1. The van der Waals surface area contributed by atoms with E-state index in [9.17, 15) is 4.79 Å². The quantitative estimate of drug-likeness (QED) is 0.427. The van der Waals surface area contributed by atoms with E-state index >= 15 is 0 Å². The summed E-state index contributed by atoms with van der Waals surface area (Å²) in [7, 11) is 0. The van der Waals surface area contributed by atoms with Crippen LogP contribution in [0.15, 0.2) is 0 Å². The Morgan fingerprint density at radius 1 is 1.44 bits per heavy atom. The van der Waals surface area contributed by atoms with Crippen LogP contribution in [0.25, 0.3) is 0 Å². The van der Waals surface area contributed by atoms with Gasteiger partial charge in [-0.1, -0.05) is 19.8 Å². The fourth-order valence-corrected chi connectivity index (χ4v) is 0.549. The molecule has 0 radical (unpaired) electrons. The molecule has 0 aromatic heterocycles. The zero-order valence-corrected chi connectivity index (χ0v) is 5.31. The van der Waals surface area contributed by atoms with Crippen molar-refractivity contribution in [2.45, 2.75) is 32.6 Å². The summed E-state index contributed by atoms with van der Waals surface area (Å²) in [5.41, 5.74) is 4.89. The van der Waals surface area contributed by atoms with Crippen LogP contribution in [0.3, 0.4) is 0 Å². The van der Waals surface area contributed by atoms with Crippen LogP contribution < -0.4 is 5.73 Å².